The highest BCUT2D eigenvalue weighted by Gasteiger charge is 2.34. The fraction of sp³-hybridized carbons (Fsp3) is 0.400. The number of likely N-dealkylation sites (tertiary alicyclic amines) is 1. The predicted octanol–water partition coefficient (Wildman–Crippen LogP) is 5.91. The first-order chi connectivity index (χ1) is 20.8. The molecule has 0 unspecified atom stereocenters. The number of imide groups is 1. The molecule has 43 heavy (non-hydrogen) atoms. The fourth-order valence-electron chi connectivity index (χ4n) is 6.09. The van der Waals surface area contributed by atoms with E-state index in [-0.39, 0.29) is 17.9 Å². The molecule has 0 atom stereocenters. The number of benzene rings is 3. The number of hydrogen-bond donors (Lipinski definition) is 1. The van der Waals surface area contributed by atoms with Gasteiger partial charge in [-0.3, -0.25) is 19.8 Å². The first-order valence-electron chi connectivity index (χ1n) is 15.4. The lowest BCUT2D eigenvalue weighted by Crippen LogP contribution is -2.44. The van der Waals surface area contributed by atoms with Crippen LogP contribution >= 0.6 is 0 Å². The number of carbonyl (C=O) groups is 3. The molecule has 8 heteroatoms. The van der Waals surface area contributed by atoms with Gasteiger partial charge in [0.2, 0.25) is 0 Å². The van der Waals surface area contributed by atoms with Gasteiger partial charge in [-0.05, 0) is 49.4 Å². The summed E-state index contributed by atoms with van der Waals surface area (Å²) >= 11 is 0. The zero-order chi connectivity index (χ0) is 30.2. The highest BCUT2D eigenvalue weighted by atomic mass is 16.6. The SMILES string of the molecule is C[N+](C)(CCCCN1C(=O)c2ccccc2C1=O)CCCN1CCC(OC(=O)Nc2ccccc2-c2ccccc2)CC1. The fourth-order valence-corrected chi connectivity index (χ4v) is 6.09. The van der Waals surface area contributed by atoms with E-state index in [1.807, 2.05) is 54.6 Å². The van der Waals surface area contributed by atoms with Gasteiger partial charge in [0.05, 0.1) is 44.0 Å². The molecule has 1 fully saturated rings. The molecule has 8 nitrogen and oxygen atoms in total. The van der Waals surface area contributed by atoms with Crippen molar-refractivity contribution >= 4 is 23.6 Å². The topological polar surface area (TPSA) is 79.0 Å². The van der Waals surface area contributed by atoms with Crippen LogP contribution in [0.5, 0.6) is 0 Å². The highest BCUT2D eigenvalue weighted by molar-refractivity contribution is 6.21. The number of amides is 3. The zero-order valence-corrected chi connectivity index (χ0v) is 25.3. The summed E-state index contributed by atoms with van der Waals surface area (Å²) < 4.78 is 6.70. The number of anilines is 1. The van der Waals surface area contributed by atoms with Gasteiger partial charge in [0.1, 0.15) is 6.10 Å². The largest absolute Gasteiger partial charge is 0.446 e. The summed E-state index contributed by atoms with van der Waals surface area (Å²) in [4.78, 5) is 41.7. The normalized spacial score (nSPS) is 15.9. The van der Waals surface area contributed by atoms with Crippen LogP contribution in [0, 0.1) is 0 Å². The van der Waals surface area contributed by atoms with Crippen molar-refractivity contribution in [3.05, 3.63) is 90.0 Å². The molecule has 3 aromatic carbocycles. The molecule has 0 aromatic heterocycles. The van der Waals surface area contributed by atoms with Gasteiger partial charge < -0.3 is 14.1 Å². The number of nitrogens with zero attached hydrogens (tertiary/aromatic N) is 3. The maximum atomic E-state index is 12.7. The third kappa shape index (κ3) is 7.89. The Labute approximate surface area is 254 Å². The predicted molar refractivity (Wildman–Crippen MR) is 169 cm³/mol. The molecule has 2 heterocycles. The molecule has 226 valence electrons. The summed E-state index contributed by atoms with van der Waals surface area (Å²) in [6.45, 7) is 5.41. The number of carbonyl (C=O) groups excluding carboxylic acids is 3. The third-order valence-electron chi connectivity index (χ3n) is 8.57. The van der Waals surface area contributed by atoms with E-state index in [9.17, 15) is 14.4 Å². The molecule has 0 saturated carbocycles. The Kier molecular flexibility index (Phi) is 9.89. The standard InChI is InChI=1S/C35H42N4O4/c1-39(2,25-11-10-22-38-33(40)30-16-6-7-17-31(30)34(38)41)26-12-21-37-23-19-28(20-24-37)43-35(42)36-32-18-9-8-15-29(32)27-13-4-3-5-14-27/h3-9,13-18,28H,10-12,19-26H2,1-2H3/p+1. The summed E-state index contributed by atoms with van der Waals surface area (Å²) in [5.41, 5.74) is 3.81. The maximum absolute atomic E-state index is 12.7. The van der Waals surface area contributed by atoms with E-state index in [0.717, 1.165) is 86.1 Å². The first-order valence-corrected chi connectivity index (χ1v) is 15.4. The molecular formula is C35H43N4O4+. The average molecular weight is 584 g/mol. The van der Waals surface area contributed by atoms with Crippen LogP contribution < -0.4 is 5.32 Å². The molecule has 3 aromatic rings. The summed E-state index contributed by atoms with van der Waals surface area (Å²) in [6.07, 6.45) is 4.06. The van der Waals surface area contributed by atoms with Crippen molar-refractivity contribution in [2.24, 2.45) is 0 Å². The molecule has 3 amide bonds. The van der Waals surface area contributed by atoms with E-state index >= 15 is 0 Å². The molecular weight excluding hydrogens is 540 g/mol. The molecule has 0 aliphatic carbocycles. The van der Waals surface area contributed by atoms with Crippen molar-refractivity contribution in [1.29, 1.82) is 0 Å². The molecule has 0 radical (unpaired) electrons. The lowest BCUT2D eigenvalue weighted by atomic mass is 10.0. The van der Waals surface area contributed by atoms with Crippen LogP contribution in [0.4, 0.5) is 10.5 Å². The Morgan fingerprint density at radius 2 is 1.35 bits per heavy atom. The molecule has 0 spiro atoms. The number of unbranched alkanes of at least 4 members (excludes halogenated alkanes) is 1. The highest BCUT2D eigenvalue weighted by Crippen LogP contribution is 2.28. The van der Waals surface area contributed by atoms with E-state index in [0.29, 0.717) is 17.7 Å². The minimum absolute atomic E-state index is 0.0745. The van der Waals surface area contributed by atoms with E-state index < -0.39 is 6.09 Å². The maximum Gasteiger partial charge on any atom is 0.411 e. The van der Waals surface area contributed by atoms with Crippen LogP contribution in [0.2, 0.25) is 0 Å². The van der Waals surface area contributed by atoms with Gasteiger partial charge in [-0.2, -0.15) is 0 Å². The lowest BCUT2D eigenvalue weighted by molar-refractivity contribution is -0.890. The van der Waals surface area contributed by atoms with Gasteiger partial charge >= 0.3 is 6.09 Å². The molecule has 1 N–H and O–H groups in total. The first kappa shape index (κ1) is 30.4. The van der Waals surface area contributed by atoms with Crippen LogP contribution in [0.3, 0.4) is 0 Å². The van der Waals surface area contributed by atoms with Crippen molar-refractivity contribution in [1.82, 2.24) is 9.80 Å². The molecule has 1 saturated heterocycles. The minimum atomic E-state index is -0.399. The Morgan fingerprint density at radius 3 is 2.02 bits per heavy atom. The second-order valence-electron chi connectivity index (χ2n) is 12.2. The number of para-hydroxylation sites is 1. The number of nitrogens with one attached hydrogen (secondary N) is 1. The lowest BCUT2D eigenvalue weighted by Gasteiger charge is -2.34. The number of fused-ring (bicyclic) bond motifs is 1. The number of rotatable bonds is 12. The number of quaternary nitrogens is 1. The Bertz CT molecular complexity index is 1380. The zero-order valence-electron chi connectivity index (χ0n) is 25.3. The number of ether oxygens (including phenoxy) is 1. The molecule has 2 aliphatic rings. The van der Waals surface area contributed by atoms with Gasteiger partial charge in [-0.25, -0.2) is 4.79 Å². The average Bonchev–Trinajstić information content (AvgIpc) is 3.25. The van der Waals surface area contributed by atoms with Crippen LogP contribution in [0.15, 0.2) is 78.9 Å². The summed E-state index contributed by atoms with van der Waals surface area (Å²) in [5.74, 6) is -0.338. The molecule has 5 rings (SSSR count). The van der Waals surface area contributed by atoms with Crippen LogP contribution in [-0.2, 0) is 4.74 Å². The Hall–Kier alpha value is -4.01. The quantitative estimate of drug-likeness (QED) is 0.163. The van der Waals surface area contributed by atoms with Crippen molar-refractivity contribution in [3.63, 3.8) is 0 Å². The third-order valence-corrected chi connectivity index (χ3v) is 8.57. The van der Waals surface area contributed by atoms with Crippen molar-refractivity contribution in [2.45, 2.75) is 38.2 Å². The van der Waals surface area contributed by atoms with Gasteiger partial charge in [0.15, 0.2) is 0 Å². The minimum Gasteiger partial charge on any atom is -0.446 e. The summed E-state index contributed by atoms with van der Waals surface area (Å²) in [6, 6.07) is 24.9. The van der Waals surface area contributed by atoms with Crippen molar-refractivity contribution in [2.75, 3.05) is 58.7 Å². The van der Waals surface area contributed by atoms with E-state index in [1.54, 1.807) is 24.3 Å². The second-order valence-corrected chi connectivity index (χ2v) is 12.2. The Morgan fingerprint density at radius 1 is 0.767 bits per heavy atom. The Balaban J connectivity index is 0.967. The van der Waals surface area contributed by atoms with Gasteiger partial charge in [-0.15, -0.1) is 0 Å². The van der Waals surface area contributed by atoms with Crippen molar-refractivity contribution < 1.29 is 23.6 Å². The summed E-state index contributed by atoms with van der Waals surface area (Å²) in [5, 5.41) is 2.95. The smallest absolute Gasteiger partial charge is 0.411 e. The van der Waals surface area contributed by atoms with Crippen LogP contribution in [0.1, 0.15) is 52.8 Å². The van der Waals surface area contributed by atoms with Gasteiger partial charge in [-0.1, -0.05) is 60.7 Å². The molecule has 0 bridgehead atoms. The monoisotopic (exact) mass is 583 g/mol. The second kappa shape index (κ2) is 14.0. The van der Waals surface area contributed by atoms with Gasteiger partial charge in [0, 0.05) is 38.2 Å². The van der Waals surface area contributed by atoms with E-state index in [2.05, 4.69) is 24.3 Å². The van der Waals surface area contributed by atoms with Crippen LogP contribution in [0.25, 0.3) is 11.1 Å². The van der Waals surface area contributed by atoms with Crippen LogP contribution in [-0.4, -0.2) is 91.7 Å². The van der Waals surface area contributed by atoms with Gasteiger partial charge in [0.25, 0.3) is 11.8 Å². The molecule has 2 aliphatic heterocycles. The van der Waals surface area contributed by atoms with Crippen molar-refractivity contribution in [3.8, 4) is 11.1 Å². The number of hydrogen-bond acceptors (Lipinski definition) is 5. The summed E-state index contributed by atoms with van der Waals surface area (Å²) in [7, 11) is 4.49. The number of piperidine rings is 1. The van der Waals surface area contributed by atoms with E-state index in [1.165, 1.54) is 4.90 Å². The van der Waals surface area contributed by atoms with E-state index in [4.69, 9.17) is 4.74 Å².